The van der Waals surface area contributed by atoms with Gasteiger partial charge >= 0.3 is 0 Å². The molecule has 0 aliphatic heterocycles. The van der Waals surface area contributed by atoms with Crippen molar-refractivity contribution in [1.29, 1.82) is 0 Å². The summed E-state index contributed by atoms with van der Waals surface area (Å²) in [5, 5.41) is 0. The monoisotopic (exact) mass is 426 g/mol. The fourth-order valence-electron chi connectivity index (χ4n) is 6.28. The molecule has 0 radical (unpaired) electrons. The Hall–Kier alpha value is -2.48. The molecule has 3 fully saturated rings. The molecule has 3 saturated carbocycles. The molecule has 0 bridgehead atoms. The van der Waals surface area contributed by atoms with Crippen LogP contribution in [0.4, 0.5) is 0 Å². The van der Waals surface area contributed by atoms with Gasteiger partial charge in [0, 0.05) is 0 Å². The van der Waals surface area contributed by atoms with E-state index in [0.29, 0.717) is 31.1 Å². The number of hydrogen-bond acceptors (Lipinski definition) is 8. The molecule has 0 aromatic carbocycles. The maximum Gasteiger partial charge on any atom is 0.235 e. The van der Waals surface area contributed by atoms with Gasteiger partial charge in [-0.15, -0.1) is 0 Å². The molecule has 6 atom stereocenters. The molecular formula is C23H30N4O4. The van der Waals surface area contributed by atoms with Gasteiger partial charge in [-0.1, -0.05) is 0 Å². The summed E-state index contributed by atoms with van der Waals surface area (Å²) < 4.78 is 0. The van der Waals surface area contributed by atoms with Gasteiger partial charge in [-0.05, 0) is 94.3 Å². The van der Waals surface area contributed by atoms with Crippen molar-refractivity contribution in [3.8, 4) is 0 Å². The van der Waals surface area contributed by atoms with Crippen molar-refractivity contribution in [2.75, 3.05) is 0 Å². The topological polar surface area (TPSA) is 118 Å². The zero-order chi connectivity index (χ0) is 22.1. The van der Waals surface area contributed by atoms with Crippen LogP contribution in [0.15, 0.2) is 20.0 Å². The van der Waals surface area contributed by atoms with E-state index in [1.165, 1.54) is 0 Å². The van der Waals surface area contributed by atoms with Crippen LogP contribution in [-0.2, 0) is 19.2 Å². The molecule has 0 aromatic heterocycles. The third kappa shape index (κ3) is 6.26. The Morgan fingerprint density at radius 2 is 1.00 bits per heavy atom. The Kier molecular flexibility index (Phi) is 8.82. The SMILES string of the molecule is O=C=NC1CCC(CC2CCC(N=C=O)C(C3CC(N=C=O)CCC3N=C=O)C2)CC1. The van der Waals surface area contributed by atoms with Crippen molar-refractivity contribution in [3.63, 3.8) is 0 Å². The molecule has 0 aromatic rings. The zero-order valence-corrected chi connectivity index (χ0v) is 17.8. The Morgan fingerprint density at radius 3 is 1.61 bits per heavy atom. The van der Waals surface area contributed by atoms with E-state index in [9.17, 15) is 19.2 Å². The Balaban J connectivity index is 1.70. The lowest BCUT2D eigenvalue weighted by atomic mass is 9.64. The van der Waals surface area contributed by atoms with Crippen LogP contribution in [0.3, 0.4) is 0 Å². The van der Waals surface area contributed by atoms with Crippen LogP contribution < -0.4 is 0 Å². The highest BCUT2D eigenvalue weighted by Gasteiger charge is 2.43. The van der Waals surface area contributed by atoms with Crippen molar-refractivity contribution < 1.29 is 19.2 Å². The standard InChI is InChI=1S/C23H30N4O4/c28-12-24-18-4-1-16(2-5-18)9-17-3-7-22(26-14-30)20(10-17)21-11-19(25-13-29)6-8-23(21)27-15-31/h16-23H,1-11H2. The first kappa shape index (κ1) is 23.2. The first-order chi connectivity index (χ1) is 15.2. The van der Waals surface area contributed by atoms with Gasteiger partial charge in [-0.3, -0.25) is 0 Å². The molecule has 3 rings (SSSR count). The quantitative estimate of drug-likeness (QED) is 0.456. The molecule has 0 heterocycles. The van der Waals surface area contributed by atoms with Crippen LogP contribution >= 0.6 is 0 Å². The number of isocyanates is 4. The second-order valence-corrected chi connectivity index (χ2v) is 9.40. The summed E-state index contributed by atoms with van der Waals surface area (Å²) >= 11 is 0. The summed E-state index contributed by atoms with van der Waals surface area (Å²) in [7, 11) is 0. The van der Waals surface area contributed by atoms with E-state index in [1.54, 1.807) is 24.3 Å². The van der Waals surface area contributed by atoms with E-state index in [0.717, 1.165) is 51.4 Å². The minimum Gasteiger partial charge on any atom is -0.211 e. The molecule has 0 amide bonds. The van der Waals surface area contributed by atoms with Crippen molar-refractivity contribution in [1.82, 2.24) is 0 Å². The lowest BCUT2D eigenvalue weighted by Gasteiger charge is -2.43. The first-order valence-electron chi connectivity index (χ1n) is 11.5. The molecule has 8 nitrogen and oxygen atoms in total. The second kappa shape index (κ2) is 11.8. The number of nitrogens with zero attached hydrogens (tertiary/aromatic N) is 4. The third-order valence-corrected chi connectivity index (χ3v) is 7.75. The summed E-state index contributed by atoms with van der Waals surface area (Å²) in [5.74, 6) is 1.30. The smallest absolute Gasteiger partial charge is 0.211 e. The maximum absolute atomic E-state index is 11.1. The highest BCUT2D eigenvalue weighted by Crippen LogP contribution is 2.45. The average molecular weight is 427 g/mol. The van der Waals surface area contributed by atoms with E-state index >= 15 is 0 Å². The molecule has 0 spiro atoms. The van der Waals surface area contributed by atoms with Crippen molar-refractivity contribution in [3.05, 3.63) is 0 Å². The lowest BCUT2D eigenvalue weighted by molar-refractivity contribution is 0.102. The normalized spacial score (nSPS) is 37.8. The predicted octanol–water partition coefficient (Wildman–Crippen LogP) is 3.60. The summed E-state index contributed by atoms with van der Waals surface area (Å²) in [4.78, 5) is 59.4. The minimum absolute atomic E-state index is 0.0415. The number of carbonyl (C=O) groups excluding carboxylic acids is 4. The van der Waals surface area contributed by atoms with Gasteiger partial charge in [0.2, 0.25) is 24.3 Å². The zero-order valence-electron chi connectivity index (χ0n) is 17.8. The van der Waals surface area contributed by atoms with E-state index < -0.39 is 0 Å². The number of aliphatic imine (C=N–C) groups is 4. The van der Waals surface area contributed by atoms with E-state index in [-0.39, 0.29) is 36.0 Å². The number of hydrogen-bond donors (Lipinski definition) is 0. The van der Waals surface area contributed by atoms with Crippen molar-refractivity contribution in [2.24, 2.45) is 43.6 Å². The fourth-order valence-corrected chi connectivity index (χ4v) is 6.28. The van der Waals surface area contributed by atoms with Crippen LogP contribution in [0, 0.1) is 23.7 Å². The Labute approximate surface area is 182 Å². The summed E-state index contributed by atoms with van der Waals surface area (Å²) in [6, 6.07) is -0.283. The van der Waals surface area contributed by atoms with Crippen LogP contribution in [0.5, 0.6) is 0 Å². The molecule has 6 unspecified atom stereocenters. The van der Waals surface area contributed by atoms with Gasteiger partial charge < -0.3 is 0 Å². The van der Waals surface area contributed by atoms with E-state index in [1.807, 2.05) is 0 Å². The molecule has 31 heavy (non-hydrogen) atoms. The van der Waals surface area contributed by atoms with Crippen LogP contribution in [-0.4, -0.2) is 48.5 Å². The summed E-state index contributed by atoms with van der Waals surface area (Å²) in [5.41, 5.74) is 0. The van der Waals surface area contributed by atoms with Gasteiger partial charge in [-0.2, -0.15) is 0 Å². The summed E-state index contributed by atoms with van der Waals surface area (Å²) in [6.45, 7) is 0. The molecular weight excluding hydrogens is 396 g/mol. The maximum atomic E-state index is 11.1. The van der Waals surface area contributed by atoms with Gasteiger partial charge in [0.1, 0.15) is 0 Å². The van der Waals surface area contributed by atoms with E-state index in [4.69, 9.17) is 0 Å². The largest absolute Gasteiger partial charge is 0.235 e. The molecule has 3 aliphatic rings. The molecule has 3 aliphatic carbocycles. The van der Waals surface area contributed by atoms with Crippen molar-refractivity contribution in [2.45, 2.75) is 94.8 Å². The summed E-state index contributed by atoms with van der Waals surface area (Å²) in [6.07, 6.45) is 16.8. The number of rotatable bonds is 7. The minimum atomic E-state index is -0.166. The average Bonchev–Trinajstić information content (AvgIpc) is 2.78. The third-order valence-electron chi connectivity index (χ3n) is 7.75. The van der Waals surface area contributed by atoms with Crippen LogP contribution in [0.25, 0.3) is 0 Å². The van der Waals surface area contributed by atoms with Crippen molar-refractivity contribution >= 4 is 24.3 Å². The first-order valence-corrected chi connectivity index (χ1v) is 11.5. The molecule has 166 valence electrons. The van der Waals surface area contributed by atoms with E-state index in [2.05, 4.69) is 20.0 Å². The van der Waals surface area contributed by atoms with Crippen LogP contribution in [0.2, 0.25) is 0 Å². The predicted molar refractivity (Wildman–Crippen MR) is 112 cm³/mol. The van der Waals surface area contributed by atoms with Gasteiger partial charge in [0.15, 0.2) is 0 Å². The Bertz CT molecular complexity index is 798. The highest BCUT2D eigenvalue weighted by atomic mass is 16.1. The molecule has 8 heteroatoms. The van der Waals surface area contributed by atoms with Gasteiger partial charge in [-0.25, -0.2) is 39.1 Å². The molecule has 0 N–H and O–H groups in total. The fraction of sp³-hybridized carbons (Fsp3) is 0.826. The second-order valence-electron chi connectivity index (χ2n) is 9.40. The van der Waals surface area contributed by atoms with Crippen LogP contribution in [0.1, 0.15) is 70.6 Å². The Morgan fingerprint density at radius 1 is 0.516 bits per heavy atom. The van der Waals surface area contributed by atoms with Gasteiger partial charge in [0.25, 0.3) is 0 Å². The lowest BCUT2D eigenvalue weighted by Crippen LogP contribution is -2.42. The highest BCUT2D eigenvalue weighted by molar-refractivity contribution is 5.35. The molecule has 0 saturated heterocycles. The van der Waals surface area contributed by atoms with Gasteiger partial charge in [0.05, 0.1) is 24.2 Å².